The molecular formula is C16H17NO2. The normalized spacial score (nSPS) is 15.2. The van der Waals surface area contributed by atoms with Gasteiger partial charge in [0.15, 0.2) is 0 Å². The van der Waals surface area contributed by atoms with Gasteiger partial charge in [-0.05, 0) is 29.2 Å². The Morgan fingerprint density at radius 1 is 1.16 bits per heavy atom. The summed E-state index contributed by atoms with van der Waals surface area (Å²) in [5.74, 6) is 0.180. The second-order valence-electron chi connectivity index (χ2n) is 5.02. The molecule has 0 saturated heterocycles. The molecule has 1 aliphatic rings. The average Bonchev–Trinajstić information content (AvgIpc) is 2.37. The van der Waals surface area contributed by atoms with Gasteiger partial charge < -0.3 is 0 Å². The van der Waals surface area contributed by atoms with Crippen molar-refractivity contribution in [3.05, 3.63) is 48.0 Å². The Bertz CT molecular complexity index is 585. The summed E-state index contributed by atoms with van der Waals surface area (Å²) >= 11 is 0. The lowest BCUT2D eigenvalue weighted by molar-refractivity contribution is -0.141. The molecule has 1 amide bonds. The zero-order valence-corrected chi connectivity index (χ0v) is 10.8. The zero-order chi connectivity index (χ0) is 13.1. The van der Waals surface area contributed by atoms with Crippen molar-refractivity contribution in [3.63, 3.8) is 0 Å². The van der Waals surface area contributed by atoms with Gasteiger partial charge in [0, 0.05) is 5.92 Å². The molecular weight excluding hydrogens is 238 g/mol. The van der Waals surface area contributed by atoms with Crippen LogP contribution in [0.15, 0.2) is 42.5 Å². The SMILES string of the molecule is O=C(NOCc1cccc2ccccc12)C1CCC1. The van der Waals surface area contributed by atoms with E-state index in [0.29, 0.717) is 6.61 Å². The van der Waals surface area contributed by atoms with Crippen molar-refractivity contribution in [2.75, 3.05) is 0 Å². The molecule has 3 nitrogen and oxygen atoms in total. The summed E-state index contributed by atoms with van der Waals surface area (Å²) < 4.78 is 0. The standard InChI is InChI=1S/C16H17NO2/c18-16(13-7-4-8-13)17-19-11-14-9-3-6-12-5-1-2-10-15(12)14/h1-3,5-6,9-10,13H,4,7-8,11H2,(H,17,18). The van der Waals surface area contributed by atoms with Crippen molar-refractivity contribution >= 4 is 16.7 Å². The summed E-state index contributed by atoms with van der Waals surface area (Å²) in [5.41, 5.74) is 3.65. The van der Waals surface area contributed by atoms with Crippen molar-refractivity contribution in [1.82, 2.24) is 5.48 Å². The van der Waals surface area contributed by atoms with Gasteiger partial charge in [-0.1, -0.05) is 48.9 Å². The molecule has 98 valence electrons. The number of hydroxylamine groups is 1. The lowest BCUT2D eigenvalue weighted by Crippen LogP contribution is -2.34. The molecule has 0 unspecified atom stereocenters. The number of fused-ring (bicyclic) bond motifs is 1. The first-order chi connectivity index (χ1) is 9.34. The molecule has 0 spiro atoms. The van der Waals surface area contributed by atoms with Crippen LogP contribution in [-0.2, 0) is 16.2 Å². The van der Waals surface area contributed by atoms with Crippen LogP contribution in [0.25, 0.3) is 10.8 Å². The third kappa shape index (κ3) is 2.61. The van der Waals surface area contributed by atoms with Gasteiger partial charge in [-0.3, -0.25) is 9.63 Å². The Morgan fingerprint density at radius 2 is 1.95 bits per heavy atom. The number of nitrogens with one attached hydrogen (secondary N) is 1. The Labute approximate surface area is 112 Å². The van der Waals surface area contributed by atoms with E-state index in [1.807, 2.05) is 24.3 Å². The summed E-state index contributed by atoms with van der Waals surface area (Å²) in [5, 5.41) is 2.36. The van der Waals surface area contributed by atoms with Crippen molar-refractivity contribution < 1.29 is 9.63 Å². The highest BCUT2D eigenvalue weighted by molar-refractivity contribution is 5.85. The first kappa shape index (κ1) is 12.2. The first-order valence-electron chi connectivity index (χ1n) is 6.73. The maximum Gasteiger partial charge on any atom is 0.246 e. The van der Waals surface area contributed by atoms with Crippen LogP contribution in [0, 0.1) is 5.92 Å². The van der Waals surface area contributed by atoms with E-state index < -0.39 is 0 Å². The van der Waals surface area contributed by atoms with E-state index in [1.165, 1.54) is 10.8 Å². The molecule has 0 heterocycles. The fraction of sp³-hybridized carbons (Fsp3) is 0.312. The monoisotopic (exact) mass is 255 g/mol. The minimum absolute atomic E-state index is 0.0199. The Kier molecular flexibility index (Phi) is 3.47. The van der Waals surface area contributed by atoms with Gasteiger partial charge in [0.25, 0.3) is 0 Å². The van der Waals surface area contributed by atoms with Crippen molar-refractivity contribution in [3.8, 4) is 0 Å². The van der Waals surface area contributed by atoms with E-state index in [2.05, 4.69) is 23.7 Å². The van der Waals surface area contributed by atoms with Crippen LogP contribution in [-0.4, -0.2) is 5.91 Å². The summed E-state index contributed by atoms with van der Waals surface area (Å²) in [6, 6.07) is 14.3. The van der Waals surface area contributed by atoms with Crippen LogP contribution in [0.5, 0.6) is 0 Å². The van der Waals surface area contributed by atoms with Crippen LogP contribution in [0.4, 0.5) is 0 Å². The fourth-order valence-electron chi connectivity index (χ4n) is 2.36. The Balaban J connectivity index is 1.63. The molecule has 0 atom stereocenters. The Hall–Kier alpha value is -1.87. The molecule has 0 radical (unpaired) electrons. The molecule has 2 aromatic carbocycles. The third-order valence-corrected chi connectivity index (χ3v) is 3.76. The molecule has 2 aromatic rings. The molecule has 1 N–H and O–H groups in total. The molecule has 0 bridgehead atoms. The van der Waals surface area contributed by atoms with Crippen LogP contribution < -0.4 is 5.48 Å². The quantitative estimate of drug-likeness (QED) is 0.852. The predicted molar refractivity (Wildman–Crippen MR) is 74.2 cm³/mol. The maximum absolute atomic E-state index is 11.6. The van der Waals surface area contributed by atoms with Gasteiger partial charge in [0.1, 0.15) is 6.61 Å². The second-order valence-corrected chi connectivity index (χ2v) is 5.02. The van der Waals surface area contributed by atoms with Gasteiger partial charge in [-0.15, -0.1) is 0 Å². The zero-order valence-electron chi connectivity index (χ0n) is 10.8. The van der Waals surface area contributed by atoms with Crippen LogP contribution >= 0.6 is 0 Å². The molecule has 19 heavy (non-hydrogen) atoms. The van der Waals surface area contributed by atoms with Gasteiger partial charge >= 0.3 is 0 Å². The van der Waals surface area contributed by atoms with Crippen molar-refractivity contribution in [1.29, 1.82) is 0 Å². The van der Waals surface area contributed by atoms with Crippen LogP contribution in [0.3, 0.4) is 0 Å². The third-order valence-electron chi connectivity index (χ3n) is 3.76. The smallest absolute Gasteiger partial charge is 0.246 e. The summed E-state index contributed by atoms with van der Waals surface area (Å²) in [6.07, 6.45) is 3.13. The molecule has 3 rings (SSSR count). The molecule has 0 aromatic heterocycles. The minimum Gasteiger partial charge on any atom is -0.273 e. The molecule has 1 aliphatic carbocycles. The van der Waals surface area contributed by atoms with Gasteiger partial charge in [-0.25, -0.2) is 5.48 Å². The summed E-state index contributed by atoms with van der Waals surface area (Å²) in [6.45, 7) is 0.403. The molecule has 1 saturated carbocycles. The maximum atomic E-state index is 11.6. The van der Waals surface area contributed by atoms with E-state index in [9.17, 15) is 4.79 Å². The summed E-state index contributed by atoms with van der Waals surface area (Å²) in [7, 11) is 0. The highest BCUT2D eigenvalue weighted by Gasteiger charge is 2.25. The second kappa shape index (κ2) is 5.41. The van der Waals surface area contributed by atoms with Gasteiger partial charge in [0.05, 0.1) is 0 Å². The number of carbonyl (C=O) groups excluding carboxylic acids is 1. The van der Waals surface area contributed by atoms with E-state index in [1.54, 1.807) is 0 Å². The van der Waals surface area contributed by atoms with Crippen LogP contribution in [0.2, 0.25) is 0 Å². The van der Waals surface area contributed by atoms with E-state index in [-0.39, 0.29) is 11.8 Å². The number of benzene rings is 2. The number of carbonyl (C=O) groups is 1. The topological polar surface area (TPSA) is 38.3 Å². The number of amides is 1. The van der Waals surface area contributed by atoms with E-state index >= 15 is 0 Å². The van der Waals surface area contributed by atoms with Crippen molar-refractivity contribution in [2.45, 2.75) is 25.9 Å². The highest BCUT2D eigenvalue weighted by Crippen LogP contribution is 2.26. The van der Waals surface area contributed by atoms with E-state index in [4.69, 9.17) is 4.84 Å². The lowest BCUT2D eigenvalue weighted by Gasteiger charge is -2.23. The van der Waals surface area contributed by atoms with Crippen molar-refractivity contribution in [2.24, 2.45) is 5.92 Å². The predicted octanol–water partition coefficient (Wildman–Crippen LogP) is 3.19. The summed E-state index contributed by atoms with van der Waals surface area (Å²) in [4.78, 5) is 17.0. The highest BCUT2D eigenvalue weighted by atomic mass is 16.6. The van der Waals surface area contributed by atoms with Crippen LogP contribution in [0.1, 0.15) is 24.8 Å². The van der Waals surface area contributed by atoms with E-state index in [0.717, 1.165) is 24.8 Å². The Morgan fingerprint density at radius 3 is 2.74 bits per heavy atom. The molecule has 3 heteroatoms. The number of hydrogen-bond donors (Lipinski definition) is 1. The number of rotatable bonds is 4. The minimum atomic E-state index is 0.0199. The molecule has 0 aliphatic heterocycles. The van der Waals surface area contributed by atoms with Gasteiger partial charge in [0.2, 0.25) is 5.91 Å². The largest absolute Gasteiger partial charge is 0.273 e. The first-order valence-corrected chi connectivity index (χ1v) is 6.73. The van der Waals surface area contributed by atoms with Gasteiger partial charge in [-0.2, -0.15) is 0 Å². The average molecular weight is 255 g/mol. The lowest BCUT2D eigenvalue weighted by atomic mass is 9.85. The fourth-order valence-corrected chi connectivity index (χ4v) is 2.36. The number of hydrogen-bond acceptors (Lipinski definition) is 2. The molecule has 1 fully saturated rings.